The summed E-state index contributed by atoms with van der Waals surface area (Å²) >= 11 is 7.05. The summed E-state index contributed by atoms with van der Waals surface area (Å²) in [5, 5.41) is 11.8. The van der Waals surface area contributed by atoms with Gasteiger partial charge in [-0.05, 0) is 79.7 Å². The molecule has 0 unspecified atom stereocenters. The van der Waals surface area contributed by atoms with Crippen LogP contribution in [0.5, 0.6) is 17.2 Å². The second kappa shape index (κ2) is 10.9. The van der Waals surface area contributed by atoms with E-state index in [2.05, 4.69) is 15.5 Å². The maximum atomic E-state index is 12.3. The molecule has 0 bridgehead atoms. The van der Waals surface area contributed by atoms with Gasteiger partial charge < -0.3 is 19.2 Å². The molecule has 0 aliphatic heterocycles. The van der Waals surface area contributed by atoms with E-state index < -0.39 is 0 Å². The number of carbonyl (C=O) groups excluding carboxylic acids is 1. The van der Waals surface area contributed by atoms with Crippen LogP contribution in [0.15, 0.2) is 82.4 Å². The molecule has 9 heteroatoms. The number of ether oxygens (including phenoxy) is 2. The summed E-state index contributed by atoms with van der Waals surface area (Å²) in [5.41, 5.74) is 1.44. The minimum atomic E-state index is -0.188. The summed E-state index contributed by atoms with van der Waals surface area (Å²) in [6.45, 7) is 2.53. The normalized spacial score (nSPS) is 10.6. The largest absolute Gasteiger partial charge is 0.494 e. The topological polar surface area (TPSA) is 86.5 Å². The molecular weight excluding hydrogens is 462 g/mol. The minimum absolute atomic E-state index is 0.133. The van der Waals surface area contributed by atoms with E-state index in [-0.39, 0.29) is 11.7 Å². The van der Waals surface area contributed by atoms with Crippen molar-refractivity contribution < 1.29 is 18.7 Å². The van der Waals surface area contributed by atoms with E-state index in [1.54, 1.807) is 48.5 Å². The van der Waals surface area contributed by atoms with Gasteiger partial charge in [-0.3, -0.25) is 4.79 Å². The molecule has 3 aromatic carbocycles. The first-order valence-electron chi connectivity index (χ1n) is 10.1. The molecule has 33 heavy (non-hydrogen) atoms. The van der Waals surface area contributed by atoms with Crippen LogP contribution in [0.4, 0.5) is 5.69 Å². The first kappa shape index (κ1) is 22.7. The zero-order chi connectivity index (χ0) is 23.0. The molecule has 0 aliphatic carbocycles. The summed E-state index contributed by atoms with van der Waals surface area (Å²) in [7, 11) is 0. The first-order valence-corrected chi connectivity index (χ1v) is 11.5. The summed E-state index contributed by atoms with van der Waals surface area (Å²) in [4.78, 5) is 12.3. The summed E-state index contributed by atoms with van der Waals surface area (Å²) < 4.78 is 16.8. The maximum Gasteiger partial charge on any atom is 0.277 e. The van der Waals surface area contributed by atoms with Crippen molar-refractivity contribution in [2.45, 2.75) is 12.1 Å². The lowest BCUT2D eigenvalue weighted by molar-refractivity contribution is -0.113. The zero-order valence-corrected chi connectivity index (χ0v) is 19.2. The smallest absolute Gasteiger partial charge is 0.277 e. The van der Waals surface area contributed by atoms with Crippen LogP contribution in [-0.4, -0.2) is 28.5 Å². The van der Waals surface area contributed by atoms with E-state index in [9.17, 15) is 4.79 Å². The van der Waals surface area contributed by atoms with Crippen molar-refractivity contribution in [1.29, 1.82) is 0 Å². The third kappa shape index (κ3) is 6.50. The van der Waals surface area contributed by atoms with Crippen molar-refractivity contribution in [1.82, 2.24) is 10.2 Å². The van der Waals surface area contributed by atoms with Crippen molar-refractivity contribution in [3.63, 3.8) is 0 Å². The van der Waals surface area contributed by atoms with Gasteiger partial charge in [0.25, 0.3) is 5.22 Å². The number of carbonyl (C=O) groups is 1. The Balaban J connectivity index is 1.26. The van der Waals surface area contributed by atoms with Gasteiger partial charge in [-0.25, -0.2) is 0 Å². The van der Waals surface area contributed by atoms with E-state index in [4.69, 9.17) is 25.5 Å². The van der Waals surface area contributed by atoms with Gasteiger partial charge in [0.2, 0.25) is 11.8 Å². The lowest BCUT2D eigenvalue weighted by atomic mass is 10.2. The first-order chi connectivity index (χ1) is 16.1. The van der Waals surface area contributed by atoms with Crippen LogP contribution in [0.2, 0.25) is 5.02 Å². The SMILES string of the molecule is CCOc1ccc(-c2nnc(SCC(=O)Nc3ccc(Oc4ccc(Cl)cc4)cc3)o2)cc1. The highest BCUT2D eigenvalue weighted by Gasteiger charge is 2.12. The molecule has 0 spiro atoms. The Bertz CT molecular complexity index is 1200. The molecule has 1 aromatic heterocycles. The molecule has 0 saturated carbocycles. The second-order valence-electron chi connectivity index (χ2n) is 6.75. The van der Waals surface area contributed by atoms with Gasteiger partial charge in [-0.2, -0.15) is 0 Å². The number of anilines is 1. The molecule has 1 N–H and O–H groups in total. The van der Waals surface area contributed by atoms with E-state index in [0.29, 0.717) is 39.9 Å². The van der Waals surface area contributed by atoms with E-state index in [1.165, 1.54) is 11.8 Å². The molecule has 7 nitrogen and oxygen atoms in total. The van der Waals surface area contributed by atoms with E-state index >= 15 is 0 Å². The predicted molar refractivity (Wildman–Crippen MR) is 128 cm³/mol. The number of nitrogens with one attached hydrogen (secondary N) is 1. The van der Waals surface area contributed by atoms with Gasteiger partial charge in [0, 0.05) is 16.3 Å². The predicted octanol–water partition coefficient (Wildman–Crippen LogP) is 6.31. The number of rotatable bonds is 9. The number of hydrogen-bond donors (Lipinski definition) is 1. The minimum Gasteiger partial charge on any atom is -0.494 e. The van der Waals surface area contributed by atoms with Crippen molar-refractivity contribution in [3.05, 3.63) is 77.8 Å². The molecule has 0 fully saturated rings. The Labute approximate surface area is 200 Å². The van der Waals surface area contributed by atoms with E-state index in [1.807, 2.05) is 31.2 Å². The average Bonchev–Trinajstić information content (AvgIpc) is 3.30. The lowest BCUT2D eigenvalue weighted by Crippen LogP contribution is -2.13. The van der Waals surface area contributed by atoms with Crippen LogP contribution in [0.3, 0.4) is 0 Å². The van der Waals surface area contributed by atoms with Gasteiger partial charge >= 0.3 is 0 Å². The van der Waals surface area contributed by atoms with Crippen molar-refractivity contribution in [2.75, 3.05) is 17.7 Å². The third-order valence-electron chi connectivity index (χ3n) is 4.33. The highest BCUT2D eigenvalue weighted by atomic mass is 35.5. The fourth-order valence-electron chi connectivity index (χ4n) is 2.81. The fraction of sp³-hybridized carbons (Fsp3) is 0.125. The van der Waals surface area contributed by atoms with Crippen molar-refractivity contribution >= 4 is 35.0 Å². The van der Waals surface area contributed by atoms with Crippen molar-refractivity contribution in [3.8, 4) is 28.7 Å². The second-order valence-corrected chi connectivity index (χ2v) is 8.11. The number of amides is 1. The number of aromatic nitrogens is 2. The number of hydrogen-bond acceptors (Lipinski definition) is 7. The molecule has 0 atom stereocenters. The van der Waals surface area contributed by atoms with Crippen LogP contribution in [0.1, 0.15) is 6.92 Å². The van der Waals surface area contributed by atoms with Crippen LogP contribution in [0.25, 0.3) is 11.5 Å². The Kier molecular flexibility index (Phi) is 7.49. The number of benzene rings is 3. The molecular formula is C24H20ClN3O4S. The Morgan fingerprint density at radius 1 is 0.939 bits per heavy atom. The highest BCUT2D eigenvalue weighted by Crippen LogP contribution is 2.26. The van der Waals surface area contributed by atoms with Crippen LogP contribution in [0, 0.1) is 0 Å². The Hall–Kier alpha value is -3.49. The van der Waals surface area contributed by atoms with Crippen LogP contribution >= 0.6 is 23.4 Å². The Morgan fingerprint density at radius 3 is 2.24 bits per heavy atom. The molecule has 1 heterocycles. The third-order valence-corrected chi connectivity index (χ3v) is 5.40. The highest BCUT2D eigenvalue weighted by molar-refractivity contribution is 7.99. The Morgan fingerprint density at radius 2 is 1.58 bits per heavy atom. The standard InChI is InChI=1S/C24H20ClN3O4S/c1-2-30-19-9-3-16(4-10-19)23-27-28-24(32-23)33-15-22(29)26-18-7-13-21(14-8-18)31-20-11-5-17(25)6-12-20/h3-14H,2,15H2,1H3,(H,26,29). The molecule has 4 rings (SSSR count). The molecule has 0 radical (unpaired) electrons. The maximum absolute atomic E-state index is 12.3. The molecule has 168 valence electrons. The molecule has 1 amide bonds. The zero-order valence-electron chi connectivity index (χ0n) is 17.7. The fourth-order valence-corrected chi connectivity index (χ4v) is 3.50. The van der Waals surface area contributed by atoms with Gasteiger partial charge in [0.1, 0.15) is 17.2 Å². The summed E-state index contributed by atoms with van der Waals surface area (Å²) in [5.74, 6) is 2.43. The quantitative estimate of drug-likeness (QED) is 0.280. The van der Waals surface area contributed by atoms with Gasteiger partial charge in [0.15, 0.2) is 0 Å². The van der Waals surface area contributed by atoms with Gasteiger partial charge in [-0.1, -0.05) is 23.4 Å². The molecule has 4 aromatic rings. The van der Waals surface area contributed by atoms with Crippen LogP contribution in [-0.2, 0) is 4.79 Å². The van der Waals surface area contributed by atoms with Gasteiger partial charge in [0.05, 0.1) is 12.4 Å². The van der Waals surface area contributed by atoms with Gasteiger partial charge in [-0.15, -0.1) is 10.2 Å². The number of nitrogens with zero attached hydrogens (tertiary/aromatic N) is 2. The molecule has 0 aliphatic rings. The lowest BCUT2D eigenvalue weighted by Gasteiger charge is -2.08. The summed E-state index contributed by atoms with van der Waals surface area (Å²) in [6.07, 6.45) is 0. The monoisotopic (exact) mass is 481 g/mol. The summed E-state index contributed by atoms with van der Waals surface area (Å²) in [6, 6.07) is 21.6. The number of thioether (sulfide) groups is 1. The average molecular weight is 482 g/mol. The van der Waals surface area contributed by atoms with Crippen molar-refractivity contribution in [2.24, 2.45) is 0 Å². The molecule has 0 saturated heterocycles. The van der Waals surface area contributed by atoms with Crippen LogP contribution < -0.4 is 14.8 Å². The van der Waals surface area contributed by atoms with E-state index in [0.717, 1.165) is 11.3 Å². The number of halogens is 1.